The maximum atomic E-state index is 12.1. The summed E-state index contributed by atoms with van der Waals surface area (Å²) < 4.78 is 6.37. The lowest BCUT2D eigenvalue weighted by molar-refractivity contribution is -0.133. The molecule has 0 amide bonds. The van der Waals surface area contributed by atoms with Crippen molar-refractivity contribution >= 4 is 33.7 Å². The average Bonchev–Trinajstić information content (AvgIpc) is 2.85. The van der Waals surface area contributed by atoms with Crippen LogP contribution in [-0.4, -0.2) is 11.2 Å². The van der Waals surface area contributed by atoms with E-state index in [9.17, 15) is 4.79 Å². The first-order chi connectivity index (χ1) is 9.22. The van der Waals surface area contributed by atoms with Crippen molar-refractivity contribution in [2.45, 2.75) is 16.6 Å². The quantitative estimate of drug-likeness (QED) is 0.611. The summed E-state index contributed by atoms with van der Waals surface area (Å²) in [5.74, 6) is 0.410. The third kappa shape index (κ3) is 2.85. The van der Waals surface area contributed by atoms with Gasteiger partial charge in [-0.05, 0) is 42.3 Å². The molecule has 1 unspecified atom stereocenters. The predicted octanol–water partition coefficient (Wildman–Crippen LogP) is 4.07. The largest absolute Gasteiger partial charge is 0.426 e. The Bertz CT molecular complexity index is 585. The number of hydrogen-bond acceptors (Lipinski definition) is 3. The van der Waals surface area contributed by atoms with Crippen molar-refractivity contribution in [3.63, 3.8) is 0 Å². The first-order valence-electron chi connectivity index (χ1n) is 5.94. The van der Waals surface area contributed by atoms with Crippen molar-refractivity contribution in [2.24, 2.45) is 0 Å². The van der Waals surface area contributed by atoms with Crippen LogP contribution in [0.4, 0.5) is 0 Å². The van der Waals surface area contributed by atoms with Gasteiger partial charge < -0.3 is 4.74 Å². The maximum Gasteiger partial charge on any atom is 0.325 e. The lowest BCUT2D eigenvalue weighted by Gasteiger charge is -2.08. The summed E-state index contributed by atoms with van der Waals surface area (Å²) in [6.07, 6.45) is 0.746. The topological polar surface area (TPSA) is 26.3 Å². The van der Waals surface area contributed by atoms with E-state index in [2.05, 4.69) is 22.0 Å². The third-order valence-electron chi connectivity index (χ3n) is 2.94. The van der Waals surface area contributed by atoms with Gasteiger partial charge in [0.15, 0.2) is 0 Å². The smallest absolute Gasteiger partial charge is 0.325 e. The Morgan fingerprint density at radius 3 is 2.63 bits per heavy atom. The Morgan fingerprint density at radius 1 is 1.16 bits per heavy atom. The van der Waals surface area contributed by atoms with Gasteiger partial charge in [-0.3, -0.25) is 4.79 Å². The Morgan fingerprint density at radius 2 is 1.89 bits per heavy atom. The number of carbonyl (C=O) groups is 1. The van der Waals surface area contributed by atoms with Gasteiger partial charge in [0, 0.05) is 9.37 Å². The maximum absolute atomic E-state index is 12.1. The van der Waals surface area contributed by atoms with Crippen LogP contribution in [0.25, 0.3) is 0 Å². The van der Waals surface area contributed by atoms with Crippen LogP contribution in [0.1, 0.15) is 5.56 Å². The van der Waals surface area contributed by atoms with Gasteiger partial charge in [-0.15, -0.1) is 11.8 Å². The Labute approximate surface area is 124 Å². The van der Waals surface area contributed by atoms with Crippen molar-refractivity contribution in [3.05, 3.63) is 58.6 Å². The number of halogens is 1. The minimum atomic E-state index is -0.177. The van der Waals surface area contributed by atoms with E-state index in [0.717, 1.165) is 10.9 Å². The molecule has 0 spiro atoms. The zero-order valence-corrected chi connectivity index (χ0v) is 12.4. The van der Waals surface area contributed by atoms with E-state index in [1.165, 1.54) is 10.5 Å². The molecule has 2 aromatic rings. The highest BCUT2D eigenvalue weighted by Gasteiger charge is 2.29. The number of hydrogen-bond donors (Lipinski definition) is 0. The van der Waals surface area contributed by atoms with E-state index in [-0.39, 0.29) is 11.2 Å². The minimum Gasteiger partial charge on any atom is -0.426 e. The highest BCUT2D eigenvalue weighted by Crippen LogP contribution is 2.37. The van der Waals surface area contributed by atoms with E-state index >= 15 is 0 Å². The van der Waals surface area contributed by atoms with Gasteiger partial charge in [0.2, 0.25) is 0 Å². The molecular formula is C15H11BrO2S. The van der Waals surface area contributed by atoms with E-state index in [1.54, 1.807) is 23.9 Å². The fraction of sp³-hybridized carbons (Fsp3) is 0.133. The number of rotatable bonds is 2. The van der Waals surface area contributed by atoms with Crippen LogP contribution < -0.4 is 4.74 Å². The van der Waals surface area contributed by atoms with Crippen LogP contribution in [0.2, 0.25) is 0 Å². The average molecular weight is 335 g/mol. The Kier molecular flexibility index (Phi) is 3.62. The minimum absolute atomic E-state index is 0.138. The molecule has 19 heavy (non-hydrogen) atoms. The number of thioether (sulfide) groups is 1. The number of benzene rings is 2. The van der Waals surface area contributed by atoms with Gasteiger partial charge in [-0.2, -0.15) is 0 Å². The van der Waals surface area contributed by atoms with Gasteiger partial charge in [0.05, 0.1) is 0 Å². The predicted molar refractivity (Wildman–Crippen MR) is 79.6 cm³/mol. The van der Waals surface area contributed by atoms with Crippen LogP contribution in [0.15, 0.2) is 57.9 Å². The normalized spacial score (nSPS) is 17.0. The number of ether oxygens (including phenoxy) is 1. The summed E-state index contributed by atoms with van der Waals surface area (Å²) in [4.78, 5) is 13.3. The van der Waals surface area contributed by atoms with Crippen molar-refractivity contribution in [3.8, 4) is 5.75 Å². The van der Waals surface area contributed by atoms with Gasteiger partial charge in [-0.25, -0.2) is 0 Å². The molecule has 1 heterocycles. The summed E-state index contributed by atoms with van der Waals surface area (Å²) in [6.45, 7) is 0. The molecule has 3 rings (SSSR count). The second-order valence-electron chi connectivity index (χ2n) is 4.29. The molecule has 0 bridgehead atoms. The molecule has 2 aromatic carbocycles. The molecule has 1 atom stereocenters. The summed E-state index contributed by atoms with van der Waals surface area (Å²) in [5, 5.41) is -0.138. The SMILES string of the molecule is O=C(Oc1ccc(Br)cc1)C1Cc2ccccc2S1. The molecule has 1 aliphatic heterocycles. The van der Waals surface area contributed by atoms with Crippen LogP contribution in [-0.2, 0) is 11.2 Å². The van der Waals surface area contributed by atoms with E-state index in [4.69, 9.17) is 4.74 Å². The number of fused-ring (bicyclic) bond motifs is 1. The lowest BCUT2D eigenvalue weighted by atomic mass is 10.1. The third-order valence-corrected chi connectivity index (χ3v) is 4.77. The Balaban J connectivity index is 1.68. The highest BCUT2D eigenvalue weighted by atomic mass is 79.9. The standard InChI is InChI=1S/C15H11BrO2S/c16-11-5-7-12(8-6-11)18-15(17)14-9-10-3-1-2-4-13(10)19-14/h1-8,14H,9H2. The Hall–Kier alpha value is -1.26. The molecule has 0 radical (unpaired) electrons. The first kappa shape index (κ1) is 12.8. The highest BCUT2D eigenvalue weighted by molar-refractivity contribution is 9.10. The fourth-order valence-electron chi connectivity index (χ4n) is 2.00. The molecule has 1 aliphatic rings. The zero-order valence-electron chi connectivity index (χ0n) is 10.0. The van der Waals surface area contributed by atoms with Crippen LogP contribution in [0, 0.1) is 0 Å². The second kappa shape index (κ2) is 5.39. The molecule has 0 fully saturated rings. The molecule has 0 aromatic heterocycles. The monoisotopic (exact) mass is 334 g/mol. The molecule has 2 nitrogen and oxygen atoms in total. The molecule has 0 saturated carbocycles. The van der Waals surface area contributed by atoms with Crippen molar-refractivity contribution in [2.75, 3.05) is 0 Å². The van der Waals surface area contributed by atoms with Crippen LogP contribution in [0.3, 0.4) is 0 Å². The van der Waals surface area contributed by atoms with Crippen molar-refractivity contribution in [1.82, 2.24) is 0 Å². The van der Waals surface area contributed by atoms with Crippen molar-refractivity contribution < 1.29 is 9.53 Å². The van der Waals surface area contributed by atoms with E-state index < -0.39 is 0 Å². The van der Waals surface area contributed by atoms with Crippen LogP contribution in [0.5, 0.6) is 5.75 Å². The summed E-state index contributed by atoms with van der Waals surface area (Å²) >= 11 is 4.94. The summed E-state index contributed by atoms with van der Waals surface area (Å²) in [5.41, 5.74) is 1.23. The molecule has 96 valence electrons. The lowest BCUT2D eigenvalue weighted by Crippen LogP contribution is -2.22. The van der Waals surface area contributed by atoms with Gasteiger partial charge in [0.1, 0.15) is 11.0 Å². The molecule has 4 heteroatoms. The molecule has 0 N–H and O–H groups in total. The number of carbonyl (C=O) groups excluding carboxylic acids is 1. The van der Waals surface area contributed by atoms with Gasteiger partial charge >= 0.3 is 5.97 Å². The fourth-order valence-corrected chi connectivity index (χ4v) is 3.44. The summed E-state index contributed by atoms with van der Waals surface area (Å²) in [6, 6.07) is 15.4. The molecular weight excluding hydrogens is 324 g/mol. The summed E-state index contributed by atoms with van der Waals surface area (Å²) in [7, 11) is 0. The number of esters is 1. The first-order valence-corrected chi connectivity index (χ1v) is 7.61. The van der Waals surface area contributed by atoms with Gasteiger partial charge in [-0.1, -0.05) is 34.1 Å². The van der Waals surface area contributed by atoms with E-state index in [0.29, 0.717) is 5.75 Å². The zero-order chi connectivity index (χ0) is 13.2. The van der Waals surface area contributed by atoms with Crippen LogP contribution >= 0.6 is 27.7 Å². The van der Waals surface area contributed by atoms with Gasteiger partial charge in [0.25, 0.3) is 0 Å². The molecule has 0 aliphatic carbocycles. The van der Waals surface area contributed by atoms with Crippen molar-refractivity contribution in [1.29, 1.82) is 0 Å². The second-order valence-corrected chi connectivity index (χ2v) is 6.45. The molecule has 0 saturated heterocycles. The van der Waals surface area contributed by atoms with E-state index in [1.807, 2.05) is 30.3 Å².